The Morgan fingerprint density at radius 1 is 1.08 bits per heavy atom. The average Bonchev–Trinajstić information content (AvgIpc) is 3.55. The normalized spacial score (nSPS) is 12.4. The first-order valence-electron chi connectivity index (χ1n) is 12.4. The van der Waals surface area contributed by atoms with Crippen molar-refractivity contribution >= 4 is 27.5 Å². The molecular weight excluding hydrogens is 475 g/mol. The highest BCUT2D eigenvalue weighted by Crippen LogP contribution is 2.32. The Labute approximate surface area is 220 Å². The van der Waals surface area contributed by atoms with E-state index in [2.05, 4.69) is 76.8 Å². The minimum atomic E-state index is -0.286. The number of aromatic nitrogens is 5. The second-order valence-corrected chi connectivity index (χ2v) is 9.36. The number of fused-ring (bicyclic) bond motifs is 2. The molecule has 0 atom stereocenters. The van der Waals surface area contributed by atoms with Gasteiger partial charge in [0.25, 0.3) is 0 Å². The summed E-state index contributed by atoms with van der Waals surface area (Å²) in [6.45, 7) is 14.3. The predicted molar refractivity (Wildman–Crippen MR) is 153 cm³/mol. The third-order valence-electron chi connectivity index (χ3n) is 6.51. The summed E-state index contributed by atoms with van der Waals surface area (Å²) >= 11 is 0. The van der Waals surface area contributed by atoms with Crippen molar-refractivity contribution in [3.63, 3.8) is 0 Å². The van der Waals surface area contributed by atoms with Crippen LogP contribution >= 0.6 is 0 Å². The van der Waals surface area contributed by atoms with Crippen molar-refractivity contribution in [1.29, 1.82) is 0 Å². The first kappa shape index (κ1) is 24.9. The number of H-pyrrole nitrogens is 2. The van der Waals surface area contributed by atoms with E-state index in [1.54, 1.807) is 30.6 Å². The monoisotopic (exact) mass is 504 g/mol. The summed E-state index contributed by atoms with van der Waals surface area (Å²) in [5.41, 5.74) is 8.66. The molecule has 5 rings (SSSR count). The van der Waals surface area contributed by atoms with Gasteiger partial charge in [0.15, 0.2) is 5.82 Å². The summed E-state index contributed by atoms with van der Waals surface area (Å²) in [6, 6.07) is 12.5. The molecule has 0 aliphatic carbocycles. The minimum absolute atomic E-state index is 0.286. The van der Waals surface area contributed by atoms with Crippen molar-refractivity contribution in [2.75, 3.05) is 0 Å². The van der Waals surface area contributed by atoms with Crippen LogP contribution in [0.25, 0.3) is 50.2 Å². The van der Waals surface area contributed by atoms with Gasteiger partial charge in [-0.25, -0.2) is 9.37 Å². The Bertz CT molecular complexity index is 1720. The molecule has 2 aromatic carbocycles. The van der Waals surface area contributed by atoms with E-state index in [9.17, 15) is 4.39 Å². The summed E-state index contributed by atoms with van der Waals surface area (Å²) in [5.74, 6) is 0.644. The molecule has 0 aliphatic rings. The molecule has 0 spiro atoms. The van der Waals surface area contributed by atoms with Gasteiger partial charge in [0.05, 0.1) is 22.7 Å². The molecule has 0 unspecified atom stereocenters. The van der Waals surface area contributed by atoms with E-state index < -0.39 is 0 Å². The van der Waals surface area contributed by atoms with Crippen LogP contribution in [0.3, 0.4) is 0 Å². The number of hydrogen-bond donors (Lipinski definition) is 3. The van der Waals surface area contributed by atoms with E-state index in [1.807, 2.05) is 13.0 Å². The van der Waals surface area contributed by atoms with E-state index >= 15 is 0 Å². The number of hydrogen-bond acceptors (Lipinski definition) is 4. The Morgan fingerprint density at radius 2 is 1.87 bits per heavy atom. The lowest BCUT2D eigenvalue weighted by atomic mass is 10.0. The van der Waals surface area contributed by atoms with Gasteiger partial charge < -0.3 is 10.3 Å². The van der Waals surface area contributed by atoms with Crippen molar-refractivity contribution < 1.29 is 4.39 Å². The van der Waals surface area contributed by atoms with Crippen LogP contribution in [0.15, 0.2) is 97.6 Å². The molecule has 3 heterocycles. The molecule has 3 N–H and O–H groups in total. The molecule has 6 nitrogen and oxygen atoms in total. The van der Waals surface area contributed by atoms with Crippen LogP contribution in [0, 0.1) is 11.7 Å². The van der Waals surface area contributed by atoms with Crippen LogP contribution in [-0.2, 0) is 0 Å². The number of nitrogens with zero attached hydrogens (tertiary/aromatic N) is 3. The molecule has 190 valence electrons. The smallest absolute Gasteiger partial charge is 0.159 e. The van der Waals surface area contributed by atoms with Crippen LogP contribution in [-0.4, -0.2) is 25.1 Å². The van der Waals surface area contributed by atoms with E-state index in [1.165, 1.54) is 12.1 Å². The lowest BCUT2D eigenvalue weighted by Gasteiger charge is -2.14. The first-order chi connectivity index (χ1) is 18.4. The van der Waals surface area contributed by atoms with Gasteiger partial charge in [0, 0.05) is 28.5 Å². The van der Waals surface area contributed by atoms with Crippen molar-refractivity contribution in [1.82, 2.24) is 30.5 Å². The summed E-state index contributed by atoms with van der Waals surface area (Å²) in [7, 11) is 0. The van der Waals surface area contributed by atoms with Gasteiger partial charge >= 0.3 is 0 Å². The van der Waals surface area contributed by atoms with Gasteiger partial charge in [-0.05, 0) is 66.0 Å². The van der Waals surface area contributed by atoms with E-state index in [-0.39, 0.29) is 5.82 Å². The Hall–Kier alpha value is -4.78. The Kier molecular flexibility index (Phi) is 6.75. The highest BCUT2D eigenvalue weighted by atomic mass is 19.1. The van der Waals surface area contributed by atoms with Crippen LogP contribution in [0.4, 0.5) is 4.39 Å². The topological polar surface area (TPSA) is 82.3 Å². The number of benzene rings is 2. The standard InChI is InChI=1S/C31H29FN6/c1-6-20(14-24(7-2)34-19(5)18(3)4)22-10-13-27-25(15-22)30(38-37-27)31-35-28-17-33-16-26(29(28)36-31)21-8-11-23(32)12-9-21/h6-18,34H,2,5H2,1,3-4H3,(H,35,36)(H,37,38)/b20-6+,24-14+. The maximum Gasteiger partial charge on any atom is 0.159 e. The fraction of sp³-hybridized carbons (Fsp3) is 0.129. The summed E-state index contributed by atoms with van der Waals surface area (Å²) < 4.78 is 13.5. The number of imidazole rings is 1. The molecule has 0 bridgehead atoms. The van der Waals surface area contributed by atoms with E-state index in [4.69, 9.17) is 4.98 Å². The molecule has 3 aromatic heterocycles. The number of aromatic amines is 2. The fourth-order valence-electron chi connectivity index (χ4n) is 4.24. The molecule has 5 aromatic rings. The van der Waals surface area contributed by atoms with Crippen LogP contribution in [0.2, 0.25) is 0 Å². The zero-order valence-corrected chi connectivity index (χ0v) is 21.6. The fourth-order valence-corrected chi connectivity index (χ4v) is 4.24. The molecule has 38 heavy (non-hydrogen) atoms. The molecule has 0 saturated heterocycles. The summed E-state index contributed by atoms with van der Waals surface area (Å²) in [5, 5.41) is 12.0. The highest BCUT2D eigenvalue weighted by Gasteiger charge is 2.16. The Morgan fingerprint density at radius 3 is 2.58 bits per heavy atom. The number of nitrogens with one attached hydrogen (secondary N) is 3. The first-order valence-corrected chi connectivity index (χ1v) is 12.4. The van der Waals surface area contributed by atoms with Gasteiger partial charge in [-0.15, -0.1) is 0 Å². The van der Waals surface area contributed by atoms with Crippen molar-refractivity contribution in [2.45, 2.75) is 20.8 Å². The minimum Gasteiger partial charge on any atom is -0.359 e. The number of rotatable bonds is 8. The second-order valence-electron chi connectivity index (χ2n) is 9.36. The quantitative estimate of drug-likeness (QED) is 0.191. The zero-order valence-electron chi connectivity index (χ0n) is 21.6. The number of halogens is 1. The maximum absolute atomic E-state index is 13.5. The maximum atomic E-state index is 13.5. The van der Waals surface area contributed by atoms with Gasteiger partial charge in [-0.3, -0.25) is 10.1 Å². The largest absolute Gasteiger partial charge is 0.359 e. The number of allylic oxidation sites excluding steroid dienone is 5. The van der Waals surface area contributed by atoms with Crippen LogP contribution < -0.4 is 5.32 Å². The number of pyridine rings is 1. The lowest BCUT2D eigenvalue weighted by Crippen LogP contribution is -2.14. The van der Waals surface area contributed by atoms with Gasteiger partial charge in [0.2, 0.25) is 0 Å². The molecular formula is C31H29FN6. The van der Waals surface area contributed by atoms with Gasteiger partial charge in [-0.2, -0.15) is 5.10 Å². The molecule has 0 radical (unpaired) electrons. The van der Waals surface area contributed by atoms with Crippen LogP contribution in [0.1, 0.15) is 26.3 Å². The van der Waals surface area contributed by atoms with E-state index in [0.717, 1.165) is 55.6 Å². The molecule has 7 heteroatoms. The molecule has 0 fully saturated rings. The third kappa shape index (κ3) is 4.78. The predicted octanol–water partition coefficient (Wildman–Crippen LogP) is 7.54. The van der Waals surface area contributed by atoms with E-state index in [0.29, 0.717) is 17.4 Å². The molecule has 0 amide bonds. The van der Waals surface area contributed by atoms with Crippen molar-refractivity contribution in [2.24, 2.45) is 5.92 Å². The summed E-state index contributed by atoms with van der Waals surface area (Å²) in [6.07, 6.45) is 9.39. The molecule has 0 saturated carbocycles. The average molecular weight is 505 g/mol. The second kappa shape index (κ2) is 10.3. The van der Waals surface area contributed by atoms with Crippen molar-refractivity contribution in [3.05, 3.63) is 109 Å². The molecule has 0 aliphatic heterocycles. The third-order valence-corrected chi connectivity index (χ3v) is 6.51. The van der Waals surface area contributed by atoms with Crippen molar-refractivity contribution in [3.8, 4) is 22.6 Å². The SMILES string of the molecule is C=C/C(=C\C(=C/C)c1ccc2[nH]nc(-c3nc4c(-c5ccc(F)cc5)cncc4[nH]3)c2c1)NC(=C)C(C)C. The highest BCUT2D eigenvalue weighted by molar-refractivity contribution is 5.98. The summed E-state index contributed by atoms with van der Waals surface area (Å²) in [4.78, 5) is 12.6. The lowest BCUT2D eigenvalue weighted by molar-refractivity contribution is 0.628. The Balaban J connectivity index is 1.55. The van der Waals surface area contributed by atoms with Gasteiger partial charge in [0.1, 0.15) is 11.5 Å². The van der Waals surface area contributed by atoms with Gasteiger partial charge in [-0.1, -0.05) is 51.3 Å². The zero-order chi connectivity index (χ0) is 26.8. The van der Waals surface area contributed by atoms with Crippen LogP contribution in [0.5, 0.6) is 0 Å².